The summed E-state index contributed by atoms with van der Waals surface area (Å²) >= 11 is 0. The van der Waals surface area contributed by atoms with E-state index in [2.05, 4.69) is 25.3 Å². The van der Waals surface area contributed by atoms with Crippen molar-refractivity contribution in [2.45, 2.75) is 13.3 Å². The van der Waals surface area contributed by atoms with Crippen LogP contribution >= 0.6 is 0 Å². The zero-order valence-corrected chi connectivity index (χ0v) is 14.6. The Balaban J connectivity index is 1.60. The summed E-state index contributed by atoms with van der Waals surface area (Å²) in [6.45, 7) is 2.54. The molecule has 0 radical (unpaired) electrons. The van der Waals surface area contributed by atoms with Crippen molar-refractivity contribution in [1.29, 1.82) is 0 Å². The summed E-state index contributed by atoms with van der Waals surface area (Å²) in [5.41, 5.74) is 5.02. The summed E-state index contributed by atoms with van der Waals surface area (Å²) in [4.78, 5) is 27.1. The lowest BCUT2D eigenvalue weighted by atomic mass is 10.1. The molecule has 0 aliphatic carbocycles. The van der Waals surface area contributed by atoms with E-state index >= 15 is 0 Å². The van der Waals surface area contributed by atoms with Crippen molar-refractivity contribution in [2.75, 3.05) is 6.54 Å². The van der Waals surface area contributed by atoms with Crippen LogP contribution in [0.2, 0.25) is 0 Å². The number of rotatable bonds is 2. The Kier molecular flexibility index (Phi) is 3.36. The molecular formula is C20H16FN5O. The van der Waals surface area contributed by atoms with E-state index in [0.29, 0.717) is 29.2 Å². The number of halogens is 1. The predicted octanol–water partition coefficient (Wildman–Crippen LogP) is 3.35. The van der Waals surface area contributed by atoms with E-state index in [4.69, 9.17) is 0 Å². The summed E-state index contributed by atoms with van der Waals surface area (Å²) in [5, 5.41) is 3.66. The number of amides is 1. The SMILES string of the molecule is Cc1c[nH]c2cc(-c3nccc(-c4cc5c([nH]4)CCNC5=O)n3)c(F)cc12. The van der Waals surface area contributed by atoms with Crippen LogP contribution in [-0.2, 0) is 6.42 Å². The minimum Gasteiger partial charge on any atom is -0.361 e. The van der Waals surface area contributed by atoms with E-state index < -0.39 is 0 Å². The van der Waals surface area contributed by atoms with Crippen molar-refractivity contribution < 1.29 is 9.18 Å². The number of benzene rings is 1. The van der Waals surface area contributed by atoms with Gasteiger partial charge in [0.05, 0.1) is 22.5 Å². The van der Waals surface area contributed by atoms with Crippen LogP contribution in [-0.4, -0.2) is 32.4 Å². The number of aromatic nitrogens is 4. The molecule has 0 saturated heterocycles. The molecule has 0 atom stereocenters. The molecule has 1 amide bonds. The van der Waals surface area contributed by atoms with Gasteiger partial charge in [-0.15, -0.1) is 0 Å². The molecule has 6 nitrogen and oxygen atoms in total. The summed E-state index contributed by atoms with van der Waals surface area (Å²) in [7, 11) is 0. The zero-order chi connectivity index (χ0) is 18.5. The van der Waals surface area contributed by atoms with E-state index in [9.17, 15) is 9.18 Å². The fourth-order valence-corrected chi connectivity index (χ4v) is 3.52. The maximum absolute atomic E-state index is 14.7. The molecule has 4 aromatic rings. The zero-order valence-electron chi connectivity index (χ0n) is 14.6. The third-order valence-electron chi connectivity index (χ3n) is 4.95. The van der Waals surface area contributed by atoms with Gasteiger partial charge in [-0.2, -0.15) is 0 Å². The molecule has 134 valence electrons. The average Bonchev–Trinajstić information content (AvgIpc) is 3.26. The summed E-state index contributed by atoms with van der Waals surface area (Å²) in [6, 6.07) is 6.76. The van der Waals surface area contributed by atoms with Crippen molar-refractivity contribution >= 4 is 16.8 Å². The molecule has 5 rings (SSSR count). The Bertz CT molecular complexity index is 1210. The third-order valence-corrected chi connectivity index (χ3v) is 4.95. The predicted molar refractivity (Wildman–Crippen MR) is 99.8 cm³/mol. The minimum atomic E-state index is -0.368. The fourth-order valence-electron chi connectivity index (χ4n) is 3.52. The van der Waals surface area contributed by atoms with Crippen molar-refractivity contribution in [3.8, 4) is 22.8 Å². The van der Waals surface area contributed by atoms with Crippen LogP contribution < -0.4 is 5.32 Å². The number of nitrogens with one attached hydrogen (secondary N) is 3. The van der Waals surface area contributed by atoms with Crippen molar-refractivity contribution in [3.05, 3.63) is 59.3 Å². The van der Waals surface area contributed by atoms with Crippen LogP contribution in [0.5, 0.6) is 0 Å². The summed E-state index contributed by atoms with van der Waals surface area (Å²) in [5.74, 6) is -0.157. The van der Waals surface area contributed by atoms with Crippen molar-refractivity contribution in [2.24, 2.45) is 0 Å². The molecule has 0 unspecified atom stereocenters. The number of hydrogen-bond donors (Lipinski definition) is 3. The van der Waals surface area contributed by atoms with Crippen LogP contribution in [0.4, 0.5) is 4.39 Å². The fraction of sp³-hybridized carbons (Fsp3) is 0.150. The Morgan fingerprint density at radius 3 is 2.93 bits per heavy atom. The first-order chi connectivity index (χ1) is 13.1. The van der Waals surface area contributed by atoms with E-state index in [1.807, 2.05) is 13.1 Å². The normalized spacial score (nSPS) is 13.6. The van der Waals surface area contributed by atoms with Gasteiger partial charge in [-0.1, -0.05) is 0 Å². The van der Waals surface area contributed by atoms with Crippen molar-refractivity contribution in [3.63, 3.8) is 0 Å². The lowest BCUT2D eigenvalue weighted by Crippen LogP contribution is -2.31. The molecule has 1 aliphatic rings. The Hall–Kier alpha value is -3.48. The number of aryl methyl sites for hydroxylation is 1. The molecule has 0 saturated carbocycles. The van der Waals surface area contributed by atoms with E-state index in [0.717, 1.165) is 34.3 Å². The monoisotopic (exact) mass is 361 g/mol. The topological polar surface area (TPSA) is 86.5 Å². The number of carbonyl (C=O) groups excluding carboxylic acids is 1. The average molecular weight is 361 g/mol. The molecule has 0 fully saturated rings. The number of carbonyl (C=O) groups is 1. The van der Waals surface area contributed by atoms with Crippen molar-refractivity contribution in [1.82, 2.24) is 25.3 Å². The number of fused-ring (bicyclic) bond motifs is 2. The van der Waals surface area contributed by atoms with E-state index in [-0.39, 0.29) is 11.7 Å². The number of H-pyrrole nitrogens is 2. The minimum absolute atomic E-state index is 0.0911. The van der Waals surface area contributed by atoms with Gasteiger partial charge in [0.2, 0.25) is 0 Å². The quantitative estimate of drug-likeness (QED) is 0.512. The highest BCUT2D eigenvalue weighted by Gasteiger charge is 2.21. The van der Waals surface area contributed by atoms with Crippen LogP contribution in [0.15, 0.2) is 36.7 Å². The number of aromatic amines is 2. The molecular weight excluding hydrogens is 345 g/mol. The number of nitrogens with zero attached hydrogens (tertiary/aromatic N) is 2. The lowest BCUT2D eigenvalue weighted by molar-refractivity contribution is 0.0946. The molecule has 3 aromatic heterocycles. The maximum Gasteiger partial charge on any atom is 0.253 e. The van der Waals surface area contributed by atoms with Gasteiger partial charge in [0, 0.05) is 42.0 Å². The Labute approximate surface area is 153 Å². The van der Waals surface area contributed by atoms with Gasteiger partial charge in [0.25, 0.3) is 5.91 Å². The highest BCUT2D eigenvalue weighted by molar-refractivity contribution is 5.97. The lowest BCUT2D eigenvalue weighted by Gasteiger charge is -2.10. The third kappa shape index (κ3) is 2.51. The van der Waals surface area contributed by atoms with Gasteiger partial charge in [-0.05, 0) is 36.8 Å². The van der Waals surface area contributed by atoms with Gasteiger partial charge in [0.1, 0.15) is 5.82 Å². The second-order valence-electron chi connectivity index (χ2n) is 6.70. The molecule has 3 N–H and O–H groups in total. The first-order valence-electron chi connectivity index (χ1n) is 8.71. The first-order valence-corrected chi connectivity index (χ1v) is 8.71. The van der Waals surface area contributed by atoms with Crippen LogP contribution in [0.1, 0.15) is 21.6 Å². The van der Waals surface area contributed by atoms with E-state index in [1.165, 1.54) is 6.07 Å². The largest absolute Gasteiger partial charge is 0.361 e. The molecule has 1 aromatic carbocycles. The molecule has 0 spiro atoms. The van der Waals surface area contributed by atoms with Gasteiger partial charge in [-0.25, -0.2) is 14.4 Å². The molecule has 0 bridgehead atoms. The molecule has 1 aliphatic heterocycles. The van der Waals surface area contributed by atoms with Gasteiger partial charge < -0.3 is 15.3 Å². The smallest absolute Gasteiger partial charge is 0.253 e. The highest BCUT2D eigenvalue weighted by atomic mass is 19.1. The molecule has 27 heavy (non-hydrogen) atoms. The van der Waals surface area contributed by atoms with Crippen LogP contribution in [0.25, 0.3) is 33.7 Å². The van der Waals surface area contributed by atoms with Gasteiger partial charge in [-0.3, -0.25) is 4.79 Å². The summed E-state index contributed by atoms with van der Waals surface area (Å²) < 4.78 is 14.7. The second kappa shape index (κ2) is 5.77. The molecule has 4 heterocycles. The van der Waals surface area contributed by atoms with E-state index in [1.54, 1.807) is 24.4 Å². The first kappa shape index (κ1) is 15.7. The number of hydrogen-bond acceptors (Lipinski definition) is 3. The molecule has 7 heteroatoms. The highest BCUT2D eigenvalue weighted by Crippen LogP contribution is 2.29. The maximum atomic E-state index is 14.7. The van der Waals surface area contributed by atoms with Gasteiger partial charge >= 0.3 is 0 Å². The van der Waals surface area contributed by atoms with Crippen LogP contribution in [0, 0.1) is 12.7 Å². The Morgan fingerprint density at radius 2 is 2.07 bits per heavy atom. The second-order valence-corrected chi connectivity index (χ2v) is 6.70. The van der Waals surface area contributed by atoms with Gasteiger partial charge in [0.15, 0.2) is 5.82 Å². The Morgan fingerprint density at radius 1 is 1.19 bits per heavy atom. The standard InChI is InChI=1S/C20H16FN5O/c1-10-9-24-17-7-12(14(21)6-11(10)17)19-22-4-3-16(26-19)18-8-13-15(25-18)2-5-23-20(13)27/h3-4,6-9,24-25H,2,5H2,1H3,(H,23,27). The summed E-state index contributed by atoms with van der Waals surface area (Å²) in [6.07, 6.45) is 4.19. The van der Waals surface area contributed by atoms with Crippen LogP contribution in [0.3, 0.4) is 0 Å².